The Bertz CT molecular complexity index is 1730. The molecule has 0 saturated carbocycles. The molecule has 0 radical (unpaired) electrons. The number of fused-ring (bicyclic) bond motifs is 5. The number of rotatable bonds is 7. The molecule has 240 valence electrons. The topological polar surface area (TPSA) is 88.4 Å². The number of ether oxygens (including phenoxy) is 1. The zero-order chi connectivity index (χ0) is 31.6. The summed E-state index contributed by atoms with van der Waals surface area (Å²) in [5.74, 6) is 3.06. The van der Waals surface area contributed by atoms with Crippen LogP contribution in [0.4, 0.5) is 15.9 Å². The highest BCUT2D eigenvalue weighted by molar-refractivity contribution is 6.00. The van der Waals surface area contributed by atoms with Crippen LogP contribution >= 0.6 is 0 Å². The molecule has 46 heavy (non-hydrogen) atoms. The van der Waals surface area contributed by atoms with Crippen molar-refractivity contribution in [3.8, 4) is 24.1 Å². The molecule has 1 unspecified atom stereocenters. The lowest BCUT2D eigenvalue weighted by molar-refractivity contribution is 0.106. The van der Waals surface area contributed by atoms with Gasteiger partial charge in [0.2, 0.25) is 0 Å². The molecule has 8 rings (SSSR count). The van der Waals surface area contributed by atoms with Crippen LogP contribution < -0.4 is 14.5 Å². The number of hydrogen-bond donors (Lipinski definition) is 2. The average molecular weight is 625 g/mol. The maximum atomic E-state index is 14.9. The van der Waals surface area contributed by atoms with E-state index in [0.717, 1.165) is 62.5 Å². The first-order valence-corrected chi connectivity index (χ1v) is 16.6. The minimum Gasteiger partial charge on any atom is -0.508 e. The molecule has 0 aliphatic carbocycles. The molecule has 4 fully saturated rings. The molecular weight excluding hydrogens is 583 g/mol. The molecule has 5 aliphatic rings. The van der Waals surface area contributed by atoms with Crippen molar-refractivity contribution in [3.63, 3.8) is 0 Å². The van der Waals surface area contributed by atoms with Gasteiger partial charge in [0.1, 0.15) is 24.0 Å². The molecule has 0 amide bonds. The van der Waals surface area contributed by atoms with E-state index in [9.17, 15) is 14.6 Å². The van der Waals surface area contributed by atoms with Crippen LogP contribution in [-0.4, -0.2) is 99.6 Å². The number of aliphatic hydroxyl groups excluding tert-OH is 1. The Balaban J connectivity index is 1.17. The highest BCUT2D eigenvalue weighted by atomic mass is 19.1. The zero-order valence-corrected chi connectivity index (χ0v) is 26.2. The van der Waals surface area contributed by atoms with E-state index in [1.165, 1.54) is 18.9 Å². The van der Waals surface area contributed by atoms with Crippen LogP contribution in [0, 0.1) is 18.2 Å². The monoisotopic (exact) mass is 624 g/mol. The minimum atomic E-state index is -0.459. The Morgan fingerprint density at radius 3 is 2.72 bits per heavy atom. The van der Waals surface area contributed by atoms with E-state index in [0.29, 0.717) is 55.1 Å². The number of phenols is 1. The smallest absolute Gasteiger partial charge is 0.318 e. The van der Waals surface area contributed by atoms with Crippen LogP contribution in [-0.2, 0) is 13.0 Å². The lowest BCUT2D eigenvalue weighted by Crippen LogP contribution is -2.55. The summed E-state index contributed by atoms with van der Waals surface area (Å²) >= 11 is 0. The van der Waals surface area contributed by atoms with Crippen molar-refractivity contribution in [2.45, 2.75) is 68.8 Å². The molecule has 3 atom stereocenters. The second-order valence-electron chi connectivity index (χ2n) is 13.7. The fourth-order valence-electron chi connectivity index (χ4n) is 9.00. The molecule has 5 aliphatic heterocycles. The lowest BCUT2D eigenvalue weighted by atomic mass is 9.95. The number of aromatic nitrogens is 2. The van der Waals surface area contributed by atoms with Crippen LogP contribution in [0.3, 0.4) is 0 Å². The van der Waals surface area contributed by atoms with E-state index in [-0.39, 0.29) is 28.9 Å². The van der Waals surface area contributed by atoms with Gasteiger partial charge in [-0.3, -0.25) is 9.80 Å². The summed E-state index contributed by atoms with van der Waals surface area (Å²) in [5.41, 5.74) is 2.86. The Kier molecular flexibility index (Phi) is 7.31. The highest BCUT2D eigenvalue weighted by Crippen LogP contribution is 2.42. The van der Waals surface area contributed by atoms with Gasteiger partial charge in [0, 0.05) is 54.9 Å². The SMILES string of the molecule is C#Cc1c(F)ccc2cc(O)cc(N3CCc4c(nc(OCC56CCCN5CCC6)nc4N4C[C@@H]5CC(O)[C@H](C4)N5CC=C)C3)c12. The largest absolute Gasteiger partial charge is 0.508 e. The number of terminal acetylenes is 1. The van der Waals surface area contributed by atoms with Crippen LogP contribution in [0.2, 0.25) is 0 Å². The molecule has 2 N–H and O–H groups in total. The number of hydrogen-bond acceptors (Lipinski definition) is 9. The normalized spacial score (nSPS) is 25.5. The number of benzene rings is 2. The number of aliphatic hydroxyl groups is 1. The van der Waals surface area contributed by atoms with Crippen molar-refractivity contribution in [2.75, 3.05) is 55.7 Å². The summed E-state index contributed by atoms with van der Waals surface area (Å²) in [4.78, 5) is 19.5. The summed E-state index contributed by atoms with van der Waals surface area (Å²) in [5, 5.41) is 22.9. The quantitative estimate of drug-likeness (QED) is 0.301. The average Bonchev–Trinajstić information content (AvgIpc) is 3.68. The molecule has 9 nitrogen and oxygen atoms in total. The Morgan fingerprint density at radius 2 is 1.96 bits per heavy atom. The predicted octanol–water partition coefficient (Wildman–Crippen LogP) is 3.84. The molecule has 10 heteroatoms. The van der Waals surface area contributed by atoms with Gasteiger partial charge in [0.05, 0.1) is 35.5 Å². The van der Waals surface area contributed by atoms with E-state index in [2.05, 4.69) is 32.1 Å². The van der Waals surface area contributed by atoms with Crippen molar-refractivity contribution in [1.29, 1.82) is 0 Å². The minimum absolute atomic E-state index is 0.00647. The number of halogens is 1. The van der Waals surface area contributed by atoms with Crippen LogP contribution in [0.15, 0.2) is 36.9 Å². The third-order valence-corrected chi connectivity index (χ3v) is 11.2. The number of phenolic OH excluding ortho intramolecular Hbond substituents is 1. The van der Waals surface area contributed by atoms with Gasteiger partial charge in [-0.2, -0.15) is 9.97 Å². The Morgan fingerprint density at radius 1 is 1.13 bits per heavy atom. The van der Waals surface area contributed by atoms with Crippen LogP contribution in [0.5, 0.6) is 11.8 Å². The summed E-state index contributed by atoms with van der Waals surface area (Å²) in [7, 11) is 0. The fraction of sp³-hybridized carbons (Fsp3) is 0.500. The summed E-state index contributed by atoms with van der Waals surface area (Å²) in [6.07, 6.45) is 13.3. The molecule has 3 aromatic rings. The standard InChI is InChI=1S/C36H41FN6O3/c1-3-12-43-24-17-32(45)31(43)21-41(19-24)34-27-9-15-40(30-18-25(44)16-23-7-8-28(37)26(4-2)33(23)30)20-29(27)38-35(39-34)46-22-36-10-5-13-42(36)14-6-11-36/h2-3,7-8,16,18,24,31-32,44-45H,1,5-6,9-15,17,19-22H2/t24-,31-,32?/m0/s1. The van der Waals surface area contributed by atoms with Gasteiger partial charge in [-0.1, -0.05) is 18.1 Å². The molecular formula is C36H41FN6O3. The van der Waals surface area contributed by atoms with E-state index >= 15 is 0 Å². The van der Waals surface area contributed by atoms with Gasteiger partial charge in [-0.05, 0) is 69.1 Å². The maximum absolute atomic E-state index is 14.9. The van der Waals surface area contributed by atoms with Gasteiger partial charge in [0.25, 0.3) is 0 Å². The first kappa shape index (κ1) is 29.5. The first-order chi connectivity index (χ1) is 22.4. The molecule has 2 bridgehead atoms. The van der Waals surface area contributed by atoms with Gasteiger partial charge >= 0.3 is 6.01 Å². The van der Waals surface area contributed by atoms with Gasteiger partial charge < -0.3 is 24.7 Å². The zero-order valence-electron chi connectivity index (χ0n) is 26.2. The molecule has 6 heterocycles. The summed E-state index contributed by atoms with van der Waals surface area (Å²) in [6, 6.07) is 6.88. The first-order valence-electron chi connectivity index (χ1n) is 16.6. The molecule has 0 spiro atoms. The predicted molar refractivity (Wildman–Crippen MR) is 176 cm³/mol. The van der Waals surface area contributed by atoms with Crippen molar-refractivity contribution < 1.29 is 19.3 Å². The molecule has 1 aromatic heterocycles. The van der Waals surface area contributed by atoms with Crippen LogP contribution in [0.1, 0.15) is 48.9 Å². The maximum Gasteiger partial charge on any atom is 0.318 e. The van der Waals surface area contributed by atoms with Crippen molar-refractivity contribution in [2.24, 2.45) is 0 Å². The van der Waals surface area contributed by atoms with Crippen LogP contribution in [0.25, 0.3) is 10.8 Å². The number of piperazine rings is 1. The van der Waals surface area contributed by atoms with Crippen molar-refractivity contribution in [3.05, 3.63) is 59.6 Å². The summed E-state index contributed by atoms with van der Waals surface area (Å²) in [6.45, 7) is 9.97. The Hall–Kier alpha value is -3.91. The van der Waals surface area contributed by atoms with Gasteiger partial charge in [0.15, 0.2) is 0 Å². The van der Waals surface area contributed by atoms with Crippen molar-refractivity contribution in [1.82, 2.24) is 19.8 Å². The second kappa shape index (κ2) is 11.4. The van der Waals surface area contributed by atoms with E-state index in [1.54, 1.807) is 18.2 Å². The third kappa shape index (κ3) is 4.79. The highest BCUT2D eigenvalue weighted by Gasteiger charge is 2.47. The lowest BCUT2D eigenvalue weighted by Gasteiger charge is -2.42. The third-order valence-electron chi connectivity index (χ3n) is 11.2. The number of nitrogens with zero attached hydrogens (tertiary/aromatic N) is 6. The van der Waals surface area contributed by atoms with E-state index < -0.39 is 11.9 Å². The number of anilines is 2. The summed E-state index contributed by atoms with van der Waals surface area (Å²) < 4.78 is 21.4. The number of aromatic hydroxyl groups is 1. The fourth-order valence-corrected chi connectivity index (χ4v) is 9.00. The van der Waals surface area contributed by atoms with Gasteiger partial charge in [-0.15, -0.1) is 13.0 Å². The van der Waals surface area contributed by atoms with Crippen molar-refractivity contribution >= 4 is 22.3 Å². The van der Waals surface area contributed by atoms with Gasteiger partial charge in [-0.25, -0.2) is 4.39 Å². The molecule has 4 saturated heterocycles. The van der Waals surface area contributed by atoms with E-state index in [4.69, 9.17) is 21.1 Å². The Labute approximate surface area is 269 Å². The van der Waals surface area contributed by atoms with E-state index in [1.807, 2.05) is 6.08 Å². The molecule has 2 aromatic carbocycles. The second-order valence-corrected chi connectivity index (χ2v) is 13.7.